The van der Waals surface area contributed by atoms with Crippen LogP contribution < -0.4 is 10.6 Å². The molecule has 25 heavy (non-hydrogen) atoms. The van der Waals surface area contributed by atoms with Gasteiger partial charge < -0.3 is 20.1 Å². The van der Waals surface area contributed by atoms with Gasteiger partial charge in [0, 0.05) is 12.1 Å². The van der Waals surface area contributed by atoms with Gasteiger partial charge in [0.25, 0.3) is 11.8 Å². The molecule has 4 amide bonds. The first-order valence-electron chi connectivity index (χ1n) is 7.68. The van der Waals surface area contributed by atoms with Gasteiger partial charge in [-0.15, -0.1) is 0 Å². The molecule has 0 aromatic heterocycles. The van der Waals surface area contributed by atoms with Crippen molar-refractivity contribution in [2.24, 2.45) is 0 Å². The molecule has 0 spiro atoms. The normalized spacial score (nSPS) is 26.1. The average molecular weight is 347 g/mol. The van der Waals surface area contributed by atoms with Crippen LogP contribution in [0.1, 0.15) is 22.8 Å². The molecular weight excluding hydrogens is 330 g/mol. The van der Waals surface area contributed by atoms with E-state index >= 15 is 0 Å². The maximum absolute atomic E-state index is 12.8. The van der Waals surface area contributed by atoms with Gasteiger partial charge in [0.15, 0.2) is 6.04 Å². The highest BCUT2D eigenvalue weighted by molar-refractivity contribution is 6.07. The molecule has 1 aromatic carbocycles. The van der Waals surface area contributed by atoms with E-state index in [1.165, 1.54) is 24.0 Å². The van der Waals surface area contributed by atoms with Crippen LogP contribution in [0, 0.1) is 0 Å². The van der Waals surface area contributed by atoms with Crippen molar-refractivity contribution in [1.82, 2.24) is 15.5 Å². The Bertz CT molecular complexity index is 764. The molecule has 2 heterocycles. The predicted octanol–water partition coefficient (Wildman–Crippen LogP) is -0.333. The monoisotopic (exact) mass is 347 g/mol. The van der Waals surface area contributed by atoms with Crippen molar-refractivity contribution in [3.8, 4) is 0 Å². The van der Waals surface area contributed by atoms with Crippen molar-refractivity contribution in [3.63, 3.8) is 0 Å². The Morgan fingerprint density at radius 3 is 2.76 bits per heavy atom. The number of nitrogens with one attached hydrogen (secondary N) is 2. The number of hydrogen-bond acceptors (Lipinski definition) is 5. The summed E-state index contributed by atoms with van der Waals surface area (Å²) in [5, 5.41) is 14.0. The Kier molecular flexibility index (Phi) is 4.17. The van der Waals surface area contributed by atoms with Crippen LogP contribution in [0.15, 0.2) is 24.3 Å². The van der Waals surface area contributed by atoms with Crippen molar-refractivity contribution in [2.45, 2.75) is 18.5 Å². The molecule has 2 fully saturated rings. The Labute approximate surface area is 142 Å². The number of aliphatic carboxylic acids is 1. The van der Waals surface area contributed by atoms with Crippen molar-refractivity contribution in [3.05, 3.63) is 35.4 Å². The van der Waals surface area contributed by atoms with Crippen molar-refractivity contribution in [2.75, 3.05) is 19.8 Å². The number of urea groups is 1. The van der Waals surface area contributed by atoms with Crippen LogP contribution in [0.4, 0.5) is 4.79 Å². The summed E-state index contributed by atoms with van der Waals surface area (Å²) in [6.45, 7) is 1.88. The van der Waals surface area contributed by atoms with Gasteiger partial charge in [-0.1, -0.05) is 12.1 Å². The standard InChI is InChI=1S/C16H17N3O6/c1-16(14(23)17-15(24)18-16)10-4-2-3-9(7-10)12(20)19-5-6-25-8-11(19)13(21)22/h2-4,7,11H,5-6,8H2,1H3,(H,21,22)(H2,17,18,23,24). The zero-order valence-electron chi connectivity index (χ0n) is 13.4. The molecule has 1 aromatic rings. The van der Waals surface area contributed by atoms with E-state index in [0.717, 1.165) is 0 Å². The number of carboxylic acid groups (broad SMARTS) is 1. The smallest absolute Gasteiger partial charge is 0.328 e. The van der Waals surface area contributed by atoms with Crippen LogP contribution >= 0.6 is 0 Å². The minimum atomic E-state index is -1.29. The van der Waals surface area contributed by atoms with Crippen LogP contribution in [-0.2, 0) is 19.9 Å². The van der Waals surface area contributed by atoms with Gasteiger partial charge >= 0.3 is 12.0 Å². The summed E-state index contributed by atoms with van der Waals surface area (Å²) in [6.07, 6.45) is 0. The molecule has 0 bridgehead atoms. The Balaban J connectivity index is 1.91. The SMILES string of the molecule is CC1(c2cccc(C(=O)N3CCOCC3C(=O)O)c2)NC(=O)NC1=O. The summed E-state index contributed by atoms with van der Waals surface area (Å²) in [7, 11) is 0. The molecule has 2 aliphatic rings. The van der Waals surface area contributed by atoms with Gasteiger partial charge in [-0.25, -0.2) is 9.59 Å². The number of morpholine rings is 1. The summed E-state index contributed by atoms with van der Waals surface area (Å²) in [5.41, 5.74) is -0.618. The maximum atomic E-state index is 12.8. The Hall–Kier alpha value is -2.94. The van der Waals surface area contributed by atoms with Crippen LogP contribution in [0.2, 0.25) is 0 Å². The number of benzene rings is 1. The van der Waals surface area contributed by atoms with E-state index in [1.807, 2.05) is 0 Å². The van der Waals surface area contributed by atoms with Gasteiger partial charge in [-0.3, -0.25) is 14.9 Å². The molecule has 0 saturated carbocycles. The lowest BCUT2D eigenvalue weighted by Gasteiger charge is -2.33. The zero-order chi connectivity index (χ0) is 18.2. The molecule has 3 rings (SSSR count). The minimum Gasteiger partial charge on any atom is -0.480 e. The first-order chi connectivity index (χ1) is 11.8. The molecule has 2 unspecified atom stereocenters. The number of carbonyl (C=O) groups excluding carboxylic acids is 3. The lowest BCUT2D eigenvalue weighted by molar-refractivity contribution is -0.147. The number of carboxylic acids is 1. The minimum absolute atomic E-state index is 0.0725. The number of nitrogens with zero attached hydrogens (tertiary/aromatic N) is 1. The first-order valence-corrected chi connectivity index (χ1v) is 7.68. The fraction of sp³-hybridized carbons (Fsp3) is 0.375. The van der Waals surface area contributed by atoms with Crippen LogP contribution in [-0.4, -0.2) is 59.6 Å². The van der Waals surface area contributed by atoms with E-state index in [4.69, 9.17) is 4.74 Å². The van der Waals surface area contributed by atoms with Crippen LogP contribution in [0.25, 0.3) is 0 Å². The van der Waals surface area contributed by atoms with E-state index in [2.05, 4.69) is 10.6 Å². The number of hydrogen-bond donors (Lipinski definition) is 3. The van der Waals surface area contributed by atoms with Crippen molar-refractivity contribution in [1.29, 1.82) is 0 Å². The molecule has 0 aliphatic carbocycles. The Morgan fingerprint density at radius 1 is 1.36 bits per heavy atom. The molecule has 9 heteroatoms. The third kappa shape index (κ3) is 2.93. The summed E-state index contributed by atoms with van der Waals surface area (Å²) < 4.78 is 5.13. The quantitative estimate of drug-likeness (QED) is 0.643. The van der Waals surface area contributed by atoms with Gasteiger partial charge in [-0.05, 0) is 24.6 Å². The number of carbonyl (C=O) groups is 4. The summed E-state index contributed by atoms with van der Waals surface area (Å²) >= 11 is 0. The second-order valence-corrected chi connectivity index (χ2v) is 6.04. The van der Waals surface area contributed by atoms with Crippen molar-refractivity contribution >= 4 is 23.8 Å². The zero-order valence-corrected chi connectivity index (χ0v) is 13.4. The van der Waals surface area contributed by atoms with Gasteiger partial charge in [-0.2, -0.15) is 0 Å². The highest BCUT2D eigenvalue weighted by Gasteiger charge is 2.43. The predicted molar refractivity (Wildman–Crippen MR) is 83.7 cm³/mol. The highest BCUT2D eigenvalue weighted by atomic mass is 16.5. The summed E-state index contributed by atoms with van der Waals surface area (Å²) in [4.78, 5) is 48.8. The fourth-order valence-corrected chi connectivity index (χ4v) is 2.93. The van der Waals surface area contributed by atoms with Crippen LogP contribution in [0.5, 0.6) is 0 Å². The molecular formula is C16H17N3O6. The van der Waals surface area contributed by atoms with Crippen molar-refractivity contribution < 1.29 is 29.0 Å². The number of imide groups is 1. The lowest BCUT2D eigenvalue weighted by Crippen LogP contribution is -2.52. The molecule has 2 saturated heterocycles. The van der Waals surface area contributed by atoms with E-state index in [-0.39, 0.29) is 25.3 Å². The number of rotatable bonds is 3. The highest BCUT2D eigenvalue weighted by Crippen LogP contribution is 2.26. The molecule has 9 nitrogen and oxygen atoms in total. The first kappa shape index (κ1) is 16.9. The van der Waals surface area contributed by atoms with Crippen LogP contribution in [0.3, 0.4) is 0 Å². The van der Waals surface area contributed by atoms with E-state index < -0.39 is 35.4 Å². The third-order valence-electron chi connectivity index (χ3n) is 4.41. The summed E-state index contributed by atoms with van der Waals surface area (Å²) in [5.74, 6) is -2.12. The Morgan fingerprint density at radius 2 is 2.12 bits per heavy atom. The molecule has 0 radical (unpaired) electrons. The third-order valence-corrected chi connectivity index (χ3v) is 4.41. The second kappa shape index (κ2) is 6.17. The lowest BCUT2D eigenvalue weighted by atomic mass is 9.91. The largest absolute Gasteiger partial charge is 0.480 e. The van der Waals surface area contributed by atoms with Gasteiger partial charge in [0.2, 0.25) is 0 Å². The van der Waals surface area contributed by atoms with E-state index in [0.29, 0.717) is 5.56 Å². The van der Waals surface area contributed by atoms with E-state index in [9.17, 15) is 24.3 Å². The fourth-order valence-electron chi connectivity index (χ4n) is 2.93. The maximum Gasteiger partial charge on any atom is 0.328 e. The van der Waals surface area contributed by atoms with Gasteiger partial charge in [0.05, 0.1) is 13.2 Å². The molecule has 2 atom stereocenters. The topological polar surface area (TPSA) is 125 Å². The van der Waals surface area contributed by atoms with Gasteiger partial charge in [0.1, 0.15) is 5.54 Å². The number of amides is 4. The molecule has 3 N–H and O–H groups in total. The molecule has 132 valence electrons. The number of ether oxygens (including phenoxy) is 1. The molecule has 2 aliphatic heterocycles. The second-order valence-electron chi connectivity index (χ2n) is 6.04. The summed E-state index contributed by atoms with van der Waals surface area (Å²) in [6, 6.07) is 4.57. The average Bonchev–Trinajstić information content (AvgIpc) is 2.87. The van der Waals surface area contributed by atoms with E-state index in [1.54, 1.807) is 12.1 Å².